The predicted octanol–water partition coefficient (Wildman–Crippen LogP) is 2.78. The van der Waals surface area contributed by atoms with Crippen LogP contribution in [0.2, 0.25) is 0 Å². The van der Waals surface area contributed by atoms with Crippen LogP contribution in [-0.2, 0) is 11.0 Å². The predicted molar refractivity (Wildman–Crippen MR) is 65.6 cm³/mol. The summed E-state index contributed by atoms with van der Waals surface area (Å²) in [6.45, 7) is 1.41. The van der Waals surface area contributed by atoms with Crippen LogP contribution in [0.1, 0.15) is 18.4 Å². The van der Waals surface area contributed by atoms with E-state index in [0.717, 1.165) is 6.07 Å². The molecule has 20 heavy (non-hydrogen) atoms. The van der Waals surface area contributed by atoms with Gasteiger partial charge in [-0.1, -0.05) is 0 Å². The smallest absolute Gasteiger partial charge is 0.326 e. The lowest BCUT2D eigenvalue weighted by Gasteiger charge is -2.22. The lowest BCUT2D eigenvalue weighted by molar-refractivity contribution is -0.140. The standard InChI is InChI=1S/C13H14F4N2O/c14-11-2-1-9(7-10(11)13(15,16)17)19-12(20)8-3-5-18-6-4-8/h1-2,7-8,18H,3-6H2,(H,19,20). The second kappa shape index (κ2) is 5.78. The number of alkyl halides is 3. The first kappa shape index (κ1) is 14.8. The van der Waals surface area contributed by atoms with Crippen molar-refractivity contribution in [3.8, 4) is 0 Å². The lowest BCUT2D eigenvalue weighted by atomic mass is 9.97. The summed E-state index contributed by atoms with van der Waals surface area (Å²) in [5.74, 6) is -1.90. The van der Waals surface area contributed by atoms with Crippen molar-refractivity contribution in [2.24, 2.45) is 5.92 Å². The Morgan fingerprint density at radius 1 is 1.25 bits per heavy atom. The lowest BCUT2D eigenvalue weighted by Crippen LogP contribution is -2.34. The highest BCUT2D eigenvalue weighted by Crippen LogP contribution is 2.33. The summed E-state index contributed by atoms with van der Waals surface area (Å²) in [6.07, 6.45) is -3.50. The number of hydrogen-bond donors (Lipinski definition) is 2. The highest BCUT2D eigenvalue weighted by molar-refractivity contribution is 5.92. The van der Waals surface area contributed by atoms with E-state index in [1.54, 1.807) is 0 Å². The zero-order valence-corrected chi connectivity index (χ0v) is 10.6. The molecule has 0 aliphatic carbocycles. The first-order chi connectivity index (χ1) is 9.38. The topological polar surface area (TPSA) is 41.1 Å². The van der Waals surface area contributed by atoms with Crippen molar-refractivity contribution < 1.29 is 22.4 Å². The third-order valence-electron chi connectivity index (χ3n) is 3.25. The second-order valence-corrected chi connectivity index (χ2v) is 4.71. The maximum absolute atomic E-state index is 13.1. The molecule has 1 aromatic rings. The Hall–Kier alpha value is -1.63. The molecule has 1 heterocycles. The fraction of sp³-hybridized carbons (Fsp3) is 0.462. The summed E-state index contributed by atoms with van der Waals surface area (Å²) >= 11 is 0. The minimum Gasteiger partial charge on any atom is -0.326 e. The number of halogens is 4. The molecule has 0 aromatic heterocycles. The van der Waals surface area contributed by atoms with Crippen LogP contribution in [0.3, 0.4) is 0 Å². The summed E-state index contributed by atoms with van der Waals surface area (Å²) in [5.41, 5.74) is -1.41. The van der Waals surface area contributed by atoms with Crippen molar-refractivity contribution in [2.45, 2.75) is 19.0 Å². The van der Waals surface area contributed by atoms with Crippen LogP contribution in [-0.4, -0.2) is 19.0 Å². The number of anilines is 1. The number of carbonyl (C=O) groups is 1. The Morgan fingerprint density at radius 3 is 2.50 bits per heavy atom. The van der Waals surface area contributed by atoms with Gasteiger partial charge < -0.3 is 10.6 Å². The Kier molecular flexibility index (Phi) is 4.27. The van der Waals surface area contributed by atoms with Gasteiger partial charge in [0, 0.05) is 11.6 Å². The van der Waals surface area contributed by atoms with E-state index in [0.29, 0.717) is 38.1 Å². The van der Waals surface area contributed by atoms with E-state index in [4.69, 9.17) is 0 Å². The van der Waals surface area contributed by atoms with Gasteiger partial charge in [0.1, 0.15) is 5.82 Å². The average Bonchev–Trinajstić information content (AvgIpc) is 2.40. The molecule has 1 aliphatic heterocycles. The van der Waals surface area contributed by atoms with Gasteiger partial charge in [0.25, 0.3) is 0 Å². The molecule has 3 nitrogen and oxygen atoms in total. The molecule has 0 bridgehead atoms. The molecule has 1 aliphatic rings. The number of benzene rings is 1. The molecular weight excluding hydrogens is 276 g/mol. The van der Waals surface area contributed by atoms with E-state index in [1.165, 1.54) is 0 Å². The van der Waals surface area contributed by atoms with Crippen LogP contribution in [0.5, 0.6) is 0 Å². The Bertz CT molecular complexity index is 496. The van der Waals surface area contributed by atoms with Crippen LogP contribution < -0.4 is 10.6 Å². The molecule has 0 radical (unpaired) electrons. The molecule has 1 aromatic carbocycles. The molecule has 7 heteroatoms. The van der Waals surface area contributed by atoms with Crippen molar-refractivity contribution in [2.75, 3.05) is 18.4 Å². The zero-order valence-electron chi connectivity index (χ0n) is 10.6. The van der Waals surface area contributed by atoms with E-state index in [1.807, 2.05) is 0 Å². The molecule has 2 N–H and O–H groups in total. The number of amides is 1. The minimum absolute atomic E-state index is 0.0396. The molecule has 1 saturated heterocycles. The normalized spacial score (nSPS) is 17.0. The van der Waals surface area contributed by atoms with Crippen molar-refractivity contribution in [3.05, 3.63) is 29.6 Å². The number of rotatable bonds is 2. The average molecular weight is 290 g/mol. The van der Waals surface area contributed by atoms with Gasteiger partial charge in [0.05, 0.1) is 5.56 Å². The monoisotopic (exact) mass is 290 g/mol. The van der Waals surface area contributed by atoms with Gasteiger partial charge >= 0.3 is 6.18 Å². The quantitative estimate of drug-likeness (QED) is 0.822. The summed E-state index contributed by atoms with van der Waals surface area (Å²) in [7, 11) is 0. The van der Waals surface area contributed by atoms with Crippen LogP contribution in [0.15, 0.2) is 18.2 Å². The van der Waals surface area contributed by atoms with Gasteiger partial charge in [0.15, 0.2) is 0 Å². The molecule has 0 spiro atoms. The van der Waals surface area contributed by atoms with E-state index < -0.39 is 17.6 Å². The fourth-order valence-electron chi connectivity index (χ4n) is 2.15. The molecule has 1 fully saturated rings. The van der Waals surface area contributed by atoms with E-state index in [9.17, 15) is 22.4 Å². The Balaban J connectivity index is 2.11. The number of nitrogens with one attached hydrogen (secondary N) is 2. The molecule has 110 valence electrons. The maximum Gasteiger partial charge on any atom is 0.419 e. The minimum atomic E-state index is -4.78. The molecule has 0 unspecified atom stereocenters. The first-order valence-corrected chi connectivity index (χ1v) is 6.26. The largest absolute Gasteiger partial charge is 0.419 e. The molecular formula is C13H14F4N2O. The summed E-state index contributed by atoms with van der Waals surface area (Å²) in [5, 5.41) is 5.51. The van der Waals surface area contributed by atoms with Gasteiger partial charge in [-0.05, 0) is 44.1 Å². The molecule has 2 rings (SSSR count). The Labute approximate surface area is 113 Å². The third-order valence-corrected chi connectivity index (χ3v) is 3.25. The number of piperidine rings is 1. The first-order valence-electron chi connectivity index (χ1n) is 6.26. The SMILES string of the molecule is O=C(Nc1ccc(F)c(C(F)(F)F)c1)C1CCNCC1. The van der Waals surface area contributed by atoms with Gasteiger partial charge in [0.2, 0.25) is 5.91 Å². The maximum atomic E-state index is 13.1. The highest BCUT2D eigenvalue weighted by Gasteiger charge is 2.34. The van der Waals surface area contributed by atoms with Crippen LogP contribution in [0.4, 0.5) is 23.2 Å². The second-order valence-electron chi connectivity index (χ2n) is 4.71. The van der Waals surface area contributed by atoms with Gasteiger partial charge in [-0.25, -0.2) is 4.39 Å². The van der Waals surface area contributed by atoms with Gasteiger partial charge in [-0.15, -0.1) is 0 Å². The van der Waals surface area contributed by atoms with E-state index in [2.05, 4.69) is 10.6 Å². The summed E-state index contributed by atoms with van der Waals surface area (Å²) < 4.78 is 50.8. The number of hydrogen-bond acceptors (Lipinski definition) is 2. The third kappa shape index (κ3) is 3.47. The molecule has 0 saturated carbocycles. The van der Waals surface area contributed by atoms with Gasteiger partial charge in [-0.3, -0.25) is 4.79 Å². The van der Waals surface area contributed by atoms with Crippen LogP contribution >= 0.6 is 0 Å². The molecule has 0 atom stereocenters. The summed E-state index contributed by atoms with van der Waals surface area (Å²) in [4.78, 5) is 11.9. The van der Waals surface area contributed by atoms with E-state index >= 15 is 0 Å². The van der Waals surface area contributed by atoms with Crippen LogP contribution in [0, 0.1) is 11.7 Å². The molecule has 1 amide bonds. The van der Waals surface area contributed by atoms with E-state index in [-0.39, 0.29) is 17.5 Å². The van der Waals surface area contributed by atoms with Crippen LogP contribution in [0.25, 0.3) is 0 Å². The van der Waals surface area contributed by atoms with Crippen molar-refractivity contribution in [1.82, 2.24) is 5.32 Å². The van der Waals surface area contributed by atoms with Gasteiger partial charge in [-0.2, -0.15) is 13.2 Å². The fourth-order valence-corrected chi connectivity index (χ4v) is 2.15. The highest BCUT2D eigenvalue weighted by atomic mass is 19.4. The zero-order chi connectivity index (χ0) is 14.8. The van der Waals surface area contributed by atoms with Crippen molar-refractivity contribution in [1.29, 1.82) is 0 Å². The Morgan fingerprint density at radius 2 is 1.90 bits per heavy atom. The summed E-state index contributed by atoms with van der Waals surface area (Å²) in [6, 6.07) is 2.46. The van der Waals surface area contributed by atoms with Crippen molar-refractivity contribution >= 4 is 11.6 Å². The number of carbonyl (C=O) groups excluding carboxylic acids is 1. The van der Waals surface area contributed by atoms with Crippen molar-refractivity contribution in [3.63, 3.8) is 0 Å².